The maximum atomic E-state index is 11.8. The van der Waals surface area contributed by atoms with Crippen molar-refractivity contribution in [2.24, 2.45) is 0 Å². The van der Waals surface area contributed by atoms with Crippen molar-refractivity contribution in [1.82, 2.24) is 0 Å². The minimum absolute atomic E-state index is 0.0752. The Bertz CT molecular complexity index is 506. The number of carbonyl (C=O) groups excluding carboxylic acids is 3. The number of rotatable bonds is 6. The van der Waals surface area contributed by atoms with Crippen molar-refractivity contribution in [3.05, 3.63) is 23.8 Å². The number of phenolic OH excluding ortho intramolecular Hbond substituents is 1. The number of hydrogen-bond acceptors (Lipinski definition) is 6. The number of Topliss-reactive ketones (excluding diaryl/α,β-unsaturated/α-hetero) is 2. The molecule has 0 aromatic heterocycles. The second kappa shape index (κ2) is 6.53. The van der Waals surface area contributed by atoms with Crippen molar-refractivity contribution >= 4 is 17.5 Å². The lowest BCUT2D eigenvalue weighted by molar-refractivity contribution is -0.153. The van der Waals surface area contributed by atoms with E-state index >= 15 is 0 Å². The zero-order valence-electron chi connectivity index (χ0n) is 10.6. The maximum Gasteiger partial charge on any atom is 0.375 e. The highest BCUT2D eigenvalue weighted by Gasteiger charge is 2.20. The van der Waals surface area contributed by atoms with Crippen LogP contribution in [0.1, 0.15) is 23.7 Å². The third-order valence-corrected chi connectivity index (χ3v) is 2.33. The first kappa shape index (κ1) is 14.7. The second-order valence-corrected chi connectivity index (χ2v) is 3.63. The van der Waals surface area contributed by atoms with Gasteiger partial charge < -0.3 is 14.6 Å². The van der Waals surface area contributed by atoms with Gasteiger partial charge in [-0.2, -0.15) is 0 Å². The normalized spacial score (nSPS) is 9.79. The van der Waals surface area contributed by atoms with Gasteiger partial charge in [-0.25, -0.2) is 4.79 Å². The minimum atomic E-state index is -1.03. The number of hydrogen-bond donors (Lipinski definition) is 1. The highest BCUT2D eigenvalue weighted by Crippen LogP contribution is 2.26. The number of phenols is 1. The van der Waals surface area contributed by atoms with E-state index in [0.717, 1.165) is 0 Å². The largest absolute Gasteiger partial charge is 0.504 e. The van der Waals surface area contributed by atoms with Gasteiger partial charge in [-0.1, -0.05) is 0 Å². The van der Waals surface area contributed by atoms with Gasteiger partial charge in [0.1, 0.15) is 0 Å². The van der Waals surface area contributed by atoms with Gasteiger partial charge >= 0.3 is 5.97 Å². The molecule has 0 aliphatic carbocycles. The quantitative estimate of drug-likeness (QED) is 0.359. The van der Waals surface area contributed by atoms with E-state index in [1.54, 1.807) is 6.92 Å². The van der Waals surface area contributed by atoms with Crippen molar-refractivity contribution in [2.75, 3.05) is 13.7 Å². The summed E-state index contributed by atoms with van der Waals surface area (Å²) in [7, 11) is 1.34. The van der Waals surface area contributed by atoms with E-state index in [1.165, 1.54) is 25.3 Å². The Labute approximate surface area is 109 Å². The molecule has 0 radical (unpaired) electrons. The van der Waals surface area contributed by atoms with Gasteiger partial charge in [0.15, 0.2) is 17.3 Å². The number of methoxy groups -OCH3 is 1. The fourth-order valence-corrected chi connectivity index (χ4v) is 1.38. The molecular formula is C13H14O6. The molecule has 19 heavy (non-hydrogen) atoms. The molecule has 1 aromatic carbocycles. The Morgan fingerprint density at radius 2 is 1.95 bits per heavy atom. The van der Waals surface area contributed by atoms with Crippen LogP contribution >= 0.6 is 0 Å². The van der Waals surface area contributed by atoms with Crippen molar-refractivity contribution in [2.45, 2.75) is 13.3 Å². The van der Waals surface area contributed by atoms with Gasteiger partial charge in [-0.05, 0) is 25.1 Å². The molecule has 0 heterocycles. The van der Waals surface area contributed by atoms with Gasteiger partial charge in [0.05, 0.1) is 20.1 Å². The highest BCUT2D eigenvalue weighted by atomic mass is 16.5. The zero-order valence-corrected chi connectivity index (χ0v) is 10.6. The molecule has 1 N–H and O–H groups in total. The molecule has 102 valence electrons. The van der Waals surface area contributed by atoms with Gasteiger partial charge in [0.2, 0.25) is 5.78 Å². The Morgan fingerprint density at radius 3 is 2.53 bits per heavy atom. The predicted molar refractivity (Wildman–Crippen MR) is 65.2 cm³/mol. The first-order chi connectivity index (χ1) is 8.99. The maximum absolute atomic E-state index is 11.8. The second-order valence-electron chi connectivity index (χ2n) is 3.63. The summed E-state index contributed by atoms with van der Waals surface area (Å²) in [4.78, 5) is 34.2. The molecule has 0 aliphatic heterocycles. The summed E-state index contributed by atoms with van der Waals surface area (Å²) < 4.78 is 9.35. The van der Waals surface area contributed by atoms with Crippen LogP contribution in [0.3, 0.4) is 0 Å². The van der Waals surface area contributed by atoms with Crippen LogP contribution in [0.15, 0.2) is 18.2 Å². The van der Waals surface area contributed by atoms with Crippen LogP contribution in [0.25, 0.3) is 0 Å². The van der Waals surface area contributed by atoms with Crippen LogP contribution in [0.4, 0.5) is 0 Å². The fourth-order valence-electron chi connectivity index (χ4n) is 1.38. The highest BCUT2D eigenvalue weighted by molar-refractivity contribution is 6.38. The average molecular weight is 266 g/mol. The van der Waals surface area contributed by atoms with E-state index in [-0.39, 0.29) is 23.7 Å². The molecular weight excluding hydrogens is 252 g/mol. The molecule has 0 bridgehead atoms. The smallest absolute Gasteiger partial charge is 0.375 e. The average Bonchev–Trinajstić information content (AvgIpc) is 2.39. The third kappa shape index (κ3) is 3.80. The molecule has 0 unspecified atom stereocenters. The molecule has 6 heteroatoms. The van der Waals surface area contributed by atoms with E-state index in [4.69, 9.17) is 4.74 Å². The zero-order chi connectivity index (χ0) is 14.4. The number of esters is 1. The summed E-state index contributed by atoms with van der Waals surface area (Å²) in [5.74, 6) is -2.47. The molecule has 0 fully saturated rings. The van der Waals surface area contributed by atoms with E-state index < -0.39 is 24.0 Å². The molecule has 0 saturated heterocycles. The Kier molecular flexibility index (Phi) is 5.05. The number of benzene rings is 1. The van der Waals surface area contributed by atoms with Crippen molar-refractivity contribution in [1.29, 1.82) is 0 Å². The van der Waals surface area contributed by atoms with Crippen molar-refractivity contribution < 1.29 is 29.0 Å². The summed E-state index contributed by atoms with van der Waals surface area (Å²) in [5, 5.41) is 9.38. The number of carbonyl (C=O) groups is 3. The predicted octanol–water partition coefficient (Wildman–Crippen LogP) is 1.11. The summed E-state index contributed by atoms with van der Waals surface area (Å²) in [6.45, 7) is 1.64. The fraction of sp³-hybridized carbons (Fsp3) is 0.308. The molecule has 1 aromatic rings. The number of aromatic hydroxyl groups is 1. The summed E-state index contributed by atoms with van der Waals surface area (Å²) in [5.41, 5.74) is 0.173. The lowest BCUT2D eigenvalue weighted by atomic mass is 10.1. The van der Waals surface area contributed by atoms with E-state index in [0.29, 0.717) is 0 Å². The van der Waals surface area contributed by atoms with E-state index in [2.05, 4.69) is 4.74 Å². The van der Waals surface area contributed by atoms with E-state index in [9.17, 15) is 19.5 Å². The molecule has 0 atom stereocenters. The van der Waals surface area contributed by atoms with Crippen LogP contribution in [0, 0.1) is 0 Å². The van der Waals surface area contributed by atoms with Gasteiger partial charge in [0.25, 0.3) is 0 Å². The van der Waals surface area contributed by atoms with Crippen molar-refractivity contribution in [3.8, 4) is 11.5 Å². The Hall–Kier alpha value is -2.37. The van der Waals surface area contributed by atoms with Crippen LogP contribution in [0.5, 0.6) is 11.5 Å². The Morgan fingerprint density at radius 1 is 1.26 bits per heavy atom. The lowest BCUT2D eigenvalue weighted by Gasteiger charge is -2.05. The van der Waals surface area contributed by atoms with Crippen molar-refractivity contribution in [3.63, 3.8) is 0 Å². The van der Waals surface area contributed by atoms with Gasteiger partial charge in [0, 0.05) is 5.56 Å². The monoisotopic (exact) mass is 266 g/mol. The molecule has 0 saturated carbocycles. The minimum Gasteiger partial charge on any atom is -0.504 e. The first-order valence-corrected chi connectivity index (χ1v) is 5.59. The van der Waals surface area contributed by atoms with Gasteiger partial charge in [-0.15, -0.1) is 0 Å². The first-order valence-electron chi connectivity index (χ1n) is 5.59. The Balaban J connectivity index is 2.78. The molecule has 1 rings (SSSR count). The molecule has 0 aliphatic rings. The lowest BCUT2D eigenvalue weighted by Crippen LogP contribution is -2.20. The standard InChI is InChI=1S/C13H14O6/c1-3-19-13(17)11(16)7-10(15)8-4-5-9(14)12(6-8)18-2/h4-6,14H,3,7H2,1-2H3. The van der Waals surface area contributed by atoms with Gasteiger partial charge in [-0.3, -0.25) is 9.59 Å². The SMILES string of the molecule is CCOC(=O)C(=O)CC(=O)c1ccc(O)c(OC)c1. The topological polar surface area (TPSA) is 89.9 Å². The summed E-state index contributed by atoms with van der Waals surface area (Å²) in [6, 6.07) is 3.93. The van der Waals surface area contributed by atoms with Crippen LogP contribution < -0.4 is 4.74 Å². The molecule has 6 nitrogen and oxygen atoms in total. The summed E-state index contributed by atoms with van der Waals surface area (Å²) >= 11 is 0. The van der Waals surface area contributed by atoms with Crippen LogP contribution in [-0.2, 0) is 14.3 Å². The number of ether oxygens (including phenoxy) is 2. The third-order valence-electron chi connectivity index (χ3n) is 2.33. The van der Waals surface area contributed by atoms with Crippen LogP contribution in [-0.4, -0.2) is 36.4 Å². The van der Waals surface area contributed by atoms with Crippen LogP contribution in [0.2, 0.25) is 0 Å². The number of ketones is 2. The van der Waals surface area contributed by atoms with E-state index in [1.807, 2.05) is 0 Å². The molecule has 0 amide bonds. The summed E-state index contributed by atoms with van der Waals surface area (Å²) in [6.07, 6.45) is -0.577. The molecule has 0 spiro atoms.